The van der Waals surface area contributed by atoms with Crippen LogP contribution in [0.15, 0.2) is 18.8 Å². The van der Waals surface area contributed by atoms with E-state index in [9.17, 15) is 0 Å². The molecule has 2 aromatic rings. The van der Waals surface area contributed by atoms with E-state index in [0.29, 0.717) is 6.54 Å². The van der Waals surface area contributed by atoms with E-state index in [1.54, 1.807) is 17.0 Å². The Morgan fingerprint density at radius 1 is 1.50 bits per heavy atom. The molecule has 0 saturated heterocycles. The van der Waals surface area contributed by atoms with Gasteiger partial charge in [-0.2, -0.15) is 0 Å². The fourth-order valence-electron chi connectivity index (χ4n) is 1.60. The zero-order valence-corrected chi connectivity index (χ0v) is 7.38. The molecule has 3 rings (SSSR count). The average molecular weight is 185 g/mol. The lowest BCUT2D eigenvalue weighted by molar-refractivity contribution is 0.670. The van der Waals surface area contributed by atoms with Crippen molar-refractivity contribution in [2.45, 2.75) is 6.54 Å². The van der Waals surface area contributed by atoms with Gasteiger partial charge in [-0.05, 0) is 22.1 Å². The normalized spacial score (nSPS) is 12.3. The minimum absolute atomic E-state index is 0.701. The van der Waals surface area contributed by atoms with E-state index in [1.165, 1.54) is 0 Å². The number of tetrazole rings is 1. The number of rotatable bonds is 1. The maximum Gasteiger partial charge on any atom is 0.201 e. The second-order valence-corrected chi connectivity index (χ2v) is 3.14. The maximum atomic E-state index is 4.31. The maximum absolute atomic E-state index is 4.31. The number of nitrogens with zero attached hydrogens (tertiary/aromatic N) is 5. The predicted octanol–water partition coefficient (Wildman–Crippen LogP) is 0.740. The fourth-order valence-corrected chi connectivity index (χ4v) is 1.60. The van der Waals surface area contributed by atoms with Crippen LogP contribution in [-0.4, -0.2) is 25.2 Å². The van der Waals surface area contributed by atoms with E-state index in [4.69, 9.17) is 0 Å². The van der Waals surface area contributed by atoms with E-state index in [2.05, 4.69) is 27.1 Å². The highest BCUT2D eigenvalue weighted by atomic mass is 15.5. The summed E-state index contributed by atoms with van der Waals surface area (Å²) in [5.41, 5.74) is 3.02. The first-order valence-corrected chi connectivity index (χ1v) is 4.26. The molecular formula is C9H7N5. The van der Waals surface area contributed by atoms with Gasteiger partial charge in [0.15, 0.2) is 0 Å². The van der Waals surface area contributed by atoms with Crippen molar-refractivity contribution >= 4 is 6.08 Å². The second-order valence-electron chi connectivity index (χ2n) is 3.14. The molecule has 0 saturated carbocycles. The van der Waals surface area contributed by atoms with E-state index < -0.39 is 0 Å². The molecule has 3 heterocycles. The van der Waals surface area contributed by atoms with Gasteiger partial charge in [-0.1, -0.05) is 12.7 Å². The van der Waals surface area contributed by atoms with Crippen molar-refractivity contribution in [1.82, 2.24) is 25.2 Å². The topological polar surface area (TPSA) is 56.5 Å². The van der Waals surface area contributed by atoms with Crippen LogP contribution in [-0.2, 0) is 6.54 Å². The van der Waals surface area contributed by atoms with E-state index >= 15 is 0 Å². The third-order valence-corrected chi connectivity index (χ3v) is 2.29. The van der Waals surface area contributed by atoms with Gasteiger partial charge in [-0.15, -0.1) is 5.10 Å². The molecule has 1 aliphatic heterocycles. The van der Waals surface area contributed by atoms with Crippen LogP contribution < -0.4 is 0 Å². The standard InChI is InChI=1S/C9H7N5/c1-2-6-3-7-5-14-9(11-12-13-14)8(7)10-4-6/h2-4H,1,5H2. The third-order valence-electron chi connectivity index (χ3n) is 2.29. The highest BCUT2D eigenvalue weighted by Crippen LogP contribution is 2.26. The summed E-state index contributed by atoms with van der Waals surface area (Å²) in [5.74, 6) is 0.746. The van der Waals surface area contributed by atoms with Gasteiger partial charge in [0.1, 0.15) is 5.69 Å². The molecule has 0 aliphatic carbocycles. The van der Waals surface area contributed by atoms with Crippen molar-refractivity contribution in [2.75, 3.05) is 0 Å². The monoisotopic (exact) mass is 185 g/mol. The van der Waals surface area contributed by atoms with Crippen LogP contribution in [0.2, 0.25) is 0 Å². The molecule has 0 spiro atoms. The molecule has 5 nitrogen and oxygen atoms in total. The van der Waals surface area contributed by atoms with Gasteiger partial charge in [-0.25, -0.2) is 4.68 Å². The van der Waals surface area contributed by atoms with Crippen LogP contribution in [0.1, 0.15) is 11.1 Å². The number of fused-ring (bicyclic) bond motifs is 3. The van der Waals surface area contributed by atoms with Crippen molar-refractivity contribution in [1.29, 1.82) is 0 Å². The molecule has 0 unspecified atom stereocenters. The summed E-state index contributed by atoms with van der Waals surface area (Å²) in [4.78, 5) is 4.31. The van der Waals surface area contributed by atoms with Crippen molar-refractivity contribution in [3.8, 4) is 11.5 Å². The van der Waals surface area contributed by atoms with Gasteiger partial charge in [0, 0.05) is 11.8 Å². The molecule has 0 fully saturated rings. The van der Waals surface area contributed by atoms with Gasteiger partial charge >= 0.3 is 0 Å². The van der Waals surface area contributed by atoms with Crippen LogP contribution in [0.4, 0.5) is 0 Å². The number of hydrogen-bond donors (Lipinski definition) is 0. The molecule has 1 aliphatic rings. The van der Waals surface area contributed by atoms with Gasteiger partial charge in [0.25, 0.3) is 0 Å². The lowest BCUT2D eigenvalue weighted by Crippen LogP contribution is -1.95. The molecule has 0 N–H and O–H groups in total. The zero-order chi connectivity index (χ0) is 9.54. The Balaban J connectivity index is 2.23. The van der Waals surface area contributed by atoms with E-state index in [1.807, 2.05) is 6.07 Å². The number of aromatic nitrogens is 5. The largest absolute Gasteiger partial charge is 0.252 e. The Morgan fingerprint density at radius 3 is 3.29 bits per heavy atom. The third kappa shape index (κ3) is 0.834. The summed E-state index contributed by atoms with van der Waals surface area (Å²) in [5, 5.41) is 11.4. The molecule has 0 radical (unpaired) electrons. The van der Waals surface area contributed by atoms with Gasteiger partial charge in [0.05, 0.1) is 6.54 Å². The predicted molar refractivity (Wildman–Crippen MR) is 50.2 cm³/mol. The minimum Gasteiger partial charge on any atom is -0.252 e. The Hall–Kier alpha value is -2.04. The van der Waals surface area contributed by atoms with Crippen molar-refractivity contribution in [2.24, 2.45) is 0 Å². The van der Waals surface area contributed by atoms with Gasteiger partial charge in [-0.3, -0.25) is 4.98 Å². The smallest absolute Gasteiger partial charge is 0.201 e. The summed E-state index contributed by atoms with van der Waals surface area (Å²) in [6.07, 6.45) is 3.55. The lowest BCUT2D eigenvalue weighted by Gasteiger charge is -1.97. The Morgan fingerprint density at radius 2 is 2.43 bits per heavy atom. The van der Waals surface area contributed by atoms with Crippen molar-refractivity contribution in [3.63, 3.8) is 0 Å². The highest BCUT2D eigenvalue weighted by Gasteiger charge is 2.22. The summed E-state index contributed by atoms with van der Waals surface area (Å²) < 4.78 is 1.74. The van der Waals surface area contributed by atoms with E-state index in [-0.39, 0.29) is 0 Å². The van der Waals surface area contributed by atoms with Gasteiger partial charge < -0.3 is 0 Å². The van der Waals surface area contributed by atoms with Crippen molar-refractivity contribution in [3.05, 3.63) is 30.0 Å². The van der Waals surface area contributed by atoms with Crippen LogP contribution in [0, 0.1) is 0 Å². The Bertz CT molecular complexity index is 514. The van der Waals surface area contributed by atoms with Crippen LogP contribution in [0.25, 0.3) is 17.6 Å². The van der Waals surface area contributed by atoms with Crippen LogP contribution in [0.3, 0.4) is 0 Å². The molecule has 14 heavy (non-hydrogen) atoms. The summed E-state index contributed by atoms with van der Waals surface area (Å²) >= 11 is 0. The summed E-state index contributed by atoms with van der Waals surface area (Å²) in [6.45, 7) is 4.40. The SMILES string of the molecule is C=Cc1cnc2c(c1)Cn1nnnc1-2. The number of pyridine rings is 1. The molecule has 0 bridgehead atoms. The average Bonchev–Trinajstić information content (AvgIpc) is 2.75. The van der Waals surface area contributed by atoms with Crippen LogP contribution >= 0.6 is 0 Å². The molecule has 2 aromatic heterocycles. The minimum atomic E-state index is 0.701. The zero-order valence-electron chi connectivity index (χ0n) is 7.38. The summed E-state index contributed by atoms with van der Waals surface area (Å²) in [6, 6.07) is 2.05. The molecular weight excluding hydrogens is 178 g/mol. The summed E-state index contributed by atoms with van der Waals surface area (Å²) in [7, 11) is 0. The molecule has 68 valence electrons. The molecule has 0 amide bonds. The molecule has 5 heteroatoms. The molecule has 0 aromatic carbocycles. The van der Waals surface area contributed by atoms with Crippen molar-refractivity contribution < 1.29 is 0 Å². The Kier molecular flexibility index (Phi) is 1.30. The quantitative estimate of drug-likeness (QED) is 0.561. The first kappa shape index (κ1) is 7.37. The van der Waals surface area contributed by atoms with Crippen LogP contribution in [0.5, 0.6) is 0 Å². The number of hydrogen-bond acceptors (Lipinski definition) is 4. The van der Waals surface area contributed by atoms with Gasteiger partial charge in [0.2, 0.25) is 5.82 Å². The first-order chi connectivity index (χ1) is 6.88. The lowest BCUT2D eigenvalue weighted by atomic mass is 10.1. The van der Waals surface area contributed by atoms with E-state index in [0.717, 1.165) is 22.6 Å². The fraction of sp³-hybridized carbons (Fsp3) is 0.111. The first-order valence-electron chi connectivity index (χ1n) is 4.26. The highest BCUT2D eigenvalue weighted by molar-refractivity contribution is 5.61. The molecule has 0 atom stereocenters. The second kappa shape index (κ2) is 2.47. The Labute approximate surface area is 80.1 Å².